The van der Waals surface area contributed by atoms with Gasteiger partial charge in [-0.2, -0.15) is 5.26 Å². The number of carbonyl (C=O) groups excluding carboxylic acids is 1. The van der Waals surface area contributed by atoms with Gasteiger partial charge in [-0.25, -0.2) is 8.42 Å². The van der Waals surface area contributed by atoms with Gasteiger partial charge < -0.3 is 5.32 Å². The van der Waals surface area contributed by atoms with Gasteiger partial charge in [0.1, 0.15) is 6.42 Å². The number of alkyl halides is 1. The van der Waals surface area contributed by atoms with Crippen molar-refractivity contribution in [1.82, 2.24) is 5.32 Å². The molecule has 1 aliphatic heterocycles. The van der Waals surface area contributed by atoms with E-state index in [1.54, 1.807) is 6.07 Å². The summed E-state index contributed by atoms with van der Waals surface area (Å²) in [6, 6.07) is 1.11. The number of hydrogen-bond acceptors (Lipinski definition) is 4. The first kappa shape index (κ1) is 11.3. The van der Waals surface area contributed by atoms with Gasteiger partial charge in [0, 0.05) is 0 Å². The first-order chi connectivity index (χ1) is 6.44. The van der Waals surface area contributed by atoms with Crippen molar-refractivity contribution in [3.63, 3.8) is 0 Å². The zero-order valence-corrected chi connectivity index (χ0v) is 8.81. The molecule has 0 bridgehead atoms. The third kappa shape index (κ3) is 2.86. The highest BCUT2D eigenvalue weighted by atomic mass is 35.5. The van der Waals surface area contributed by atoms with E-state index in [0.29, 0.717) is 0 Å². The minimum Gasteiger partial charge on any atom is -0.350 e. The van der Waals surface area contributed by atoms with Crippen molar-refractivity contribution >= 4 is 27.3 Å². The Kier molecular flexibility index (Phi) is 3.34. The van der Waals surface area contributed by atoms with E-state index in [0.717, 1.165) is 0 Å². The van der Waals surface area contributed by atoms with Crippen LogP contribution in [0.25, 0.3) is 0 Å². The van der Waals surface area contributed by atoms with Gasteiger partial charge in [-0.15, -0.1) is 11.6 Å². The van der Waals surface area contributed by atoms with Crippen molar-refractivity contribution in [2.75, 3.05) is 11.5 Å². The van der Waals surface area contributed by atoms with Crippen LogP contribution in [0.1, 0.15) is 6.42 Å². The number of sulfone groups is 1. The molecular formula is C7H9ClN2O3S. The van der Waals surface area contributed by atoms with Gasteiger partial charge in [0.05, 0.1) is 29.0 Å². The molecule has 5 nitrogen and oxygen atoms in total. The minimum atomic E-state index is -3.13. The minimum absolute atomic E-state index is 0.119. The first-order valence-corrected chi connectivity index (χ1v) is 6.21. The molecule has 0 aromatic heterocycles. The number of amides is 1. The second-order valence-electron chi connectivity index (χ2n) is 3.10. The van der Waals surface area contributed by atoms with Crippen LogP contribution < -0.4 is 5.32 Å². The van der Waals surface area contributed by atoms with Gasteiger partial charge in [-0.3, -0.25) is 4.79 Å². The number of nitrogens with one attached hydrogen (secondary N) is 1. The lowest BCUT2D eigenvalue weighted by Crippen LogP contribution is -2.40. The van der Waals surface area contributed by atoms with E-state index in [1.807, 2.05) is 0 Å². The molecule has 1 rings (SSSR count). The van der Waals surface area contributed by atoms with E-state index in [4.69, 9.17) is 16.9 Å². The Balaban J connectivity index is 2.56. The number of hydrogen-bond donors (Lipinski definition) is 1. The second-order valence-corrected chi connectivity index (χ2v) is 5.82. The zero-order valence-electron chi connectivity index (χ0n) is 7.23. The summed E-state index contributed by atoms with van der Waals surface area (Å²) in [7, 11) is -3.13. The van der Waals surface area contributed by atoms with Crippen molar-refractivity contribution in [2.24, 2.45) is 0 Å². The van der Waals surface area contributed by atoms with E-state index in [2.05, 4.69) is 5.32 Å². The third-order valence-electron chi connectivity index (χ3n) is 1.87. The molecule has 1 aliphatic rings. The molecule has 0 radical (unpaired) electrons. The van der Waals surface area contributed by atoms with Gasteiger partial charge in [0.2, 0.25) is 5.91 Å². The van der Waals surface area contributed by atoms with Crippen molar-refractivity contribution in [3.8, 4) is 6.07 Å². The van der Waals surface area contributed by atoms with Crippen molar-refractivity contribution in [3.05, 3.63) is 0 Å². The molecule has 1 N–H and O–H groups in total. The van der Waals surface area contributed by atoms with Crippen molar-refractivity contribution in [1.29, 1.82) is 5.26 Å². The molecule has 1 heterocycles. The Labute approximate surface area is 87.0 Å². The molecule has 0 saturated carbocycles. The Morgan fingerprint density at radius 1 is 1.57 bits per heavy atom. The Morgan fingerprint density at radius 2 is 2.21 bits per heavy atom. The van der Waals surface area contributed by atoms with Crippen LogP contribution in [0, 0.1) is 11.3 Å². The molecule has 1 saturated heterocycles. The van der Waals surface area contributed by atoms with Crippen LogP contribution in [-0.2, 0) is 14.6 Å². The fourth-order valence-corrected chi connectivity index (χ4v) is 3.82. The quantitative estimate of drug-likeness (QED) is 0.650. The maximum atomic E-state index is 11.1. The molecule has 0 aromatic rings. The molecule has 14 heavy (non-hydrogen) atoms. The standard InChI is InChI=1S/C7H9ClN2O3S/c8-5-3-14(12,13)4-6(5)10-7(11)1-2-9/h5-6H,1,3-4H2,(H,10,11)/t5-,6+/m0/s1. The Bertz CT molecular complexity index is 373. The summed E-state index contributed by atoms with van der Waals surface area (Å²) < 4.78 is 22.2. The lowest BCUT2D eigenvalue weighted by molar-refractivity contribution is -0.120. The average Bonchev–Trinajstić information content (AvgIpc) is 2.25. The maximum Gasteiger partial charge on any atom is 0.234 e. The monoisotopic (exact) mass is 236 g/mol. The smallest absolute Gasteiger partial charge is 0.234 e. The zero-order chi connectivity index (χ0) is 10.8. The largest absolute Gasteiger partial charge is 0.350 e. The van der Waals surface area contributed by atoms with Crippen LogP contribution in [0.15, 0.2) is 0 Å². The van der Waals surface area contributed by atoms with Gasteiger partial charge in [-0.1, -0.05) is 0 Å². The Hall–Kier alpha value is -0.800. The number of halogens is 1. The summed E-state index contributed by atoms with van der Waals surface area (Å²) >= 11 is 5.73. The summed E-state index contributed by atoms with van der Waals surface area (Å²) in [6.07, 6.45) is -0.278. The average molecular weight is 237 g/mol. The van der Waals surface area contributed by atoms with Gasteiger partial charge in [0.25, 0.3) is 0 Å². The van der Waals surface area contributed by atoms with Crippen molar-refractivity contribution < 1.29 is 13.2 Å². The lowest BCUT2D eigenvalue weighted by Gasteiger charge is -2.12. The van der Waals surface area contributed by atoms with Gasteiger partial charge >= 0.3 is 0 Å². The Morgan fingerprint density at radius 3 is 2.64 bits per heavy atom. The summed E-state index contributed by atoms with van der Waals surface area (Å²) in [6.45, 7) is 0. The number of carbonyl (C=O) groups is 1. The molecule has 0 aromatic carbocycles. The molecule has 78 valence electrons. The van der Waals surface area contributed by atoms with Gasteiger partial charge in [0.15, 0.2) is 9.84 Å². The molecule has 0 aliphatic carbocycles. The van der Waals surface area contributed by atoms with Crippen LogP contribution in [0.5, 0.6) is 0 Å². The highest BCUT2D eigenvalue weighted by molar-refractivity contribution is 7.91. The molecule has 1 fully saturated rings. The molecule has 0 spiro atoms. The predicted molar refractivity (Wildman–Crippen MR) is 50.5 cm³/mol. The first-order valence-electron chi connectivity index (χ1n) is 3.95. The van der Waals surface area contributed by atoms with Crippen LogP contribution in [-0.4, -0.2) is 37.2 Å². The van der Waals surface area contributed by atoms with E-state index < -0.39 is 27.2 Å². The molecular weight excluding hydrogens is 228 g/mol. The fourth-order valence-electron chi connectivity index (χ4n) is 1.27. The second kappa shape index (κ2) is 4.15. The predicted octanol–water partition coefficient (Wildman–Crippen LogP) is -0.579. The van der Waals surface area contributed by atoms with Crippen LogP contribution >= 0.6 is 11.6 Å². The number of rotatable bonds is 2. The summed E-state index contributed by atoms with van der Waals surface area (Å²) in [5.74, 6) is -0.745. The lowest BCUT2D eigenvalue weighted by atomic mass is 10.2. The normalized spacial score (nSPS) is 29.4. The van der Waals surface area contributed by atoms with E-state index in [9.17, 15) is 13.2 Å². The van der Waals surface area contributed by atoms with Crippen LogP contribution in [0.2, 0.25) is 0 Å². The molecule has 2 atom stereocenters. The van der Waals surface area contributed by atoms with Crippen molar-refractivity contribution in [2.45, 2.75) is 17.8 Å². The third-order valence-corrected chi connectivity index (χ3v) is 4.24. The van der Waals surface area contributed by atoms with Crippen LogP contribution in [0.4, 0.5) is 0 Å². The van der Waals surface area contributed by atoms with Crippen LogP contribution in [0.3, 0.4) is 0 Å². The molecule has 0 unspecified atom stereocenters. The van der Waals surface area contributed by atoms with E-state index >= 15 is 0 Å². The maximum absolute atomic E-state index is 11.1. The number of nitrogens with zero attached hydrogens (tertiary/aromatic N) is 1. The molecule has 1 amide bonds. The van der Waals surface area contributed by atoms with E-state index in [-0.39, 0.29) is 17.9 Å². The fraction of sp³-hybridized carbons (Fsp3) is 0.714. The summed E-state index contributed by atoms with van der Waals surface area (Å²) in [5, 5.41) is 10.0. The summed E-state index contributed by atoms with van der Waals surface area (Å²) in [5.41, 5.74) is 0. The molecule has 7 heteroatoms. The summed E-state index contributed by atoms with van der Waals surface area (Å²) in [4.78, 5) is 11.0. The number of nitriles is 1. The van der Waals surface area contributed by atoms with Gasteiger partial charge in [-0.05, 0) is 0 Å². The highest BCUT2D eigenvalue weighted by Crippen LogP contribution is 2.17. The SMILES string of the molecule is N#CCC(=O)N[C@@H]1CS(=O)(=O)C[C@@H]1Cl. The van der Waals surface area contributed by atoms with E-state index in [1.165, 1.54) is 0 Å². The topological polar surface area (TPSA) is 87.0 Å². The highest BCUT2D eigenvalue weighted by Gasteiger charge is 2.37.